The minimum atomic E-state index is -0.486. The molecule has 0 aliphatic carbocycles. The van der Waals surface area contributed by atoms with E-state index >= 15 is 0 Å². The Labute approximate surface area is 108 Å². The highest BCUT2D eigenvalue weighted by molar-refractivity contribution is 5.95. The van der Waals surface area contributed by atoms with Crippen LogP contribution in [-0.2, 0) is 6.42 Å². The summed E-state index contributed by atoms with van der Waals surface area (Å²) in [5, 5.41) is 20.3. The summed E-state index contributed by atoms with van der Waals surface area (Å²) in [6, 6.07) is 1.73. The summed E-state index contributed by atoms with van der Waals surface area (Å²) in [5.74, 6) is -0.194. The van der Waals surface area contributed by atoms with Crippen LogP contribution in [0.5, 0.6) is 0 Å². The number of carbonyl (C=O) groups excluding carboxylic acids is 1. The zero-order valence-corrected chi connectivity index (χ0v) is 11.2. The van der Waals surface area contributed by atoms with Gasteiger partial charge in [0, 0.05) is 6.54 Å². The van der Waals surface area contributed by atoms with Gasteiger partial charge in [0.1, 0.15) is 0 Å². The van der Waals surface area contributed by atoms with E-state index in [1.807, 2.05) is 13.8 Å². The van der Waals surface area contributed by atoms with Crippen molar-refractivity contribution in [3.8, 4) is 0 Å². The number of aliphatic hydroxyl groups is 1. The number of nitrogens with one attached hydrogen (secondary N) is 1. The first-order valence-electron chi connectivity index (χ1n) is 6.37. The highest BCUT2D eigenvalue weighted by Crippen LogP contribution is 2.07. The van der Waals surface area contributed by atoms with Gasteiger partial charge in [-0.05, 0) is 25.8 Å². The number of aryl methyl sites for hydroxylation is 2. The Bertz CT molecular complexity index is 407. The molecule has 0 fully saturated rings. The third-order valence-corrected chi connectivity index (χ3v) is 2.69. The van der Waals surface area contributed by atoms with E-state index < -0.39 is 6.10 Å². The molecule has 1 aromatic heterocycles. The zero-order valence-electron chi connectivity index (χ0n) is 11.2. The lowest BCUT2D eigenvalue weighted by molar-refractivity contribution is 0.0908. The molecule has 1 aromatic rings. The quantitative estimate of drug-likeness (QED) is 0.797. The van der Waals surface area contributed by atoms with Crippen molar-refractivity contribution < 1.29 is 9.90 Å². The fourth-order valence-corrected chi connectivity index (χ4v) is 1.71. The molecule has 100 valence electrons. The van der Waals surface area contributed by atoms with Crippen LogP contribution in [0.1, 0.15) is 48.4 Å². The summed E-state index contributed by atoms with van der Waals surface area (Å²) < 4.78 is 0. The van der Waals surface area contributed by atoms with Crippen LogP contribution in [0.4, 0.5) is 0 Å². The van der Waals surface area contributed by atoms with Crippen molar-refractivity contribution in [2.24, 2.45) is 0 Å². The van der Waals surface area contributed by atoms with Gasteiger partial charge in [0.2, 0.25) is 0 Å². The van der Waals surface area contributed by atoms with Crippen LogP contribution in [-0.4, -0.2) is 33.9 Å². The average Bonchev–Trinajstić information content (AvgIpc) is 2.36. The molecule has 0 aliphatic rings. The number of rotatable bonds is 6. The summed E-state index contributed by atoms with van der Waals surface area (Å²) in [5.41, 5.74) is 1.95. The second-order valence-electron chi connectivity index (χ2n) is 4.35. The van der Waals surface area contributed by atoms with Crippen LogP contribution in [0, 0.1) is 6.92 Å². The Morgan fingerprint density at radius 3 is 2.78 bits per heavy atom. The van der Waals surface area contributed by atoms with Gasteiger partial charge in [-0.3, -0.25) is 4.79 Å². The molecule has 0 saturated carbocycles. The summed E-state index contributed by atoms with van der Waals surface area (Å²) in [4.78, 5) is 12.0. The molecule has 0 spiro atoms. The highest BCUT2D eigenvalue weighted by Gasteiger charge is 2.13. The first-order chi connectivity index (χ1) is 8.58. The van der Waals surface area contributed by atoms with E-state index in [0.717, 1.165) is 6.42 Å². The van der Waals surface area contributed by atoms with Gasteiger partial charge < -0.3 is 10.4 Å². The lowest BCUT2D eigenvalue weighted by Crippen LogP contribution is -2.32. The minimum Gasteiger partial charge on any atom is -0.391 e. The van der Waals surface area contributed by atoms with Crippen molar-refractivity contribution in [1.82, 2.24) is 15.5 Å². The number of hydrogen-bond acceptors (Lipinski definition) is 4. The number of aromatic nitrogens is 2. The largest absolute Gasteiger partial charge is 0.391 e. The van der Waals surface area contributed by atoms with Crippen LogP contribution in [0.2, 0.25) is 0 Å². The minimum absolute atomic E-state index is 0.194. The van der Waals surface area contributed by atoms with Crippen LogP contribution >= 0.6 is 0 Å². The zero-order chi connectivity index (χ0) is 13.5. The Balaban J connectivity index is 2.68. The molecule has 0 saturated heterocycles. The predicted octanol–water partition coefficient (Wildman–Crippen LogP) is 1.24. The van der Waals surface area contributed by atoms with Gasteiger partial charge in [0.15, 0.2) is 0 Å². The van der Waals surface area contributed by atoms with Gasteiger partial charge in [-0.25, -0.2) is 0 Å². The molecule has 1 unspecified atom stereocenters. The summed E-state index contributed by atoms with van der Waals surface area (Å²) in [7, 11) is 0. The third-order valence-electron chi connectivity index (χ3n) is 2.69. The van der Waals surface area contributed by atoms with E-state index in [9.17, 15) is 9.90 Å². The van der Waals surface area contributed by atoms with Crippen molar-refractivity contribution in [3.05, 3.63) is 23.0 Å². The van der Waals surface area contributed by atoms with Crippen LogP contribution in [0.15, 0.2) is 6.07 Å². The molecule has 1 amide bonds. The number of aliphatic hydroxyl groups excluding tert-OH is 1. The summed E-state index contributed by atoms with van der Waals surface area (Å²) >= 11 is 0. The van der Waals surface area contributed by atoms with E-state index in [2.05, 4.69) is 15.5 Å². The molecular formula is C13H21N3O2. The molecule has 18 heavy (non-hydrogen) atoms. The Morgan fingerprint density at radius 1 is 1.44 bits per heavy atom. The average molecular weight is 251 g/mol. The standard InChI is InChI=1S/C13H21N3O2/c1-4-6-10(17)8-14-13(18)11-7-9(3)15-16-12(11)5-2/h7,10,17H,4-6,8H2,1-3H3,(H,14,18). The number of carbonyl (C=O) groups is 1. The highest BCUT2D eigenvalue weighted by atomic mass is 16.3. The molecule has 1 rings (SSSR count). The van der Waals surface area contributed by atoms with Crippen molar-refractivity contribution in [2.75, 3.05) is 6.54 Å². The SMILES string of the molecule is CCCC(O)CNC(=O)c1cc(C)nnc1CC. The monoisotopic (exact) mass is 251 g/mol. The maximum absolute atomic E-state index is 12.0. The maximum Gasteiger partial charge on any atom is 0.253 e. The van der Waals surface area contributed by atoms with Crippen LogP contribution < -0.4 is 5.32 Å². The van der Waals surface area contributed by atoms with Crippen LogP contribution in [0.25, 0.3) is 0 Å². The molecule has 0 aliphatic heterocycles. The molecule has 1 atom stereocenters. The molecule has 1 heterocycles. The molecule has 5 nitrogen and oxygen atoms in total. The van der Waals surface area contributed by atoms with Gasteiger partial charge in [0.25, 0.3) is 5.91 Å². The molecule has 5 heteroatoms. The van der Waals surface area contributed by atoms with Crippen molar-refractivity contribution in [3.63, 3.8) is 0 Å². The Kier molecular flexibility index (Phi) is 5.71. The molecule has 0 bridgehead atoms. The van der Waals surface area contributed by atoms with Crippen molar-refractivity contribution >= 4 is 5.91 Å². The predicted molar refractivity (Wildman–Crippen MR) is 69.4 cm³/mol. The normalized spacial score (nSPS) is 12.2. The van der Waals surface area contributed by atoms with E-state index in [0.29, 0.717) is 29.8 Å². The molecule has 0 aromatic carbocycles. The van der Waals surface area contributed by atoms with E-state index in [1.54, 1.807) is 13.0 Å². The van der Waals surface area contributed by atoms with Crippen molar-refractivity contribution in [2.45, 2.75) is 46.1 Å². The Morgan fingerprint density at radius 2 is 2.17 bits per heavy atom. The van der Waals surface area contributed by atoms with Gasteiger partial charge in [-0.15, -0.1) is 0 Å². The first kappa shape index (κ1) is 14.6. The number of hydrogen-bond donors (Lipinski definition) is 2. The molecule has 0 radical (unpaired) electrons. The molecular weight excluding hydrogens is 230 g/mol. The van der Waals surface area contributed by atoms with Crippen LogP contribution in [0.3, 0.4) is 0 Å². The fourth-order valence-electron chi connectivity index (χ4n) is 1.71. The molecule has 2 N–H and O–H groups in total. The lowest BCUT2D eigenvalue weighted by Gasteiger charge is -2.12. The van der Waals surface area contributed by atoms with Gasteiger partial charge >= 0.3 is 0 Å². The van der Waals surface area contributed by atoms with Gasteiger partial charge in [-0.2, -0.15) is 10.2 Å². The van der Waals surface area contributed by atoms with E-state index in [1.165, 1.54) is 0 Å². The number of nitrogens with zero attached hydrogens (tertiary/aromatic N) is 2. The number of amides is 1. The third kappa shape index (κ3) is 4.07. The van der Waals surface area contributed by atoms with Gasteiger partial charge in [-0.1, -0.05) is 20.3 Å². The van der Waals surface area contributed by atoms with Crippen molar-refractivity contribution in [1.29, 1.82) is 0 Å². The van der Waals surface area contributed by atoms with E-state index in [4.69, 9.17) is 0 Å². The lowest BCUT2D eigenvalue weighted by atomic mass is 10.1. The topological polar surface area (TPSA) is 75.1 Å². The van der Waals surface area contributed by atoms with Gasteiger partial charge in [0.05, 0.1) is 23.1 Å². The maximum atomic E-state index is 12.0. The Hall–Kier alpha value is -1.49. The first-order valence-corrected chi connectivity index (χ1v) is 6.37. The fraction of sp³-hybridized carbons (Fsp3) is 0.615. The van der Waals surface area contributed by atoms with E-state index in [-0.39, 0.29) is 12.5 Å². The summed E-state index contributed by atoms with van der Waals surface area (Å²) in [6.07, 6.45) is 1.76. The summed E-state index contributed by atoms with van der Waals surface area (Å²) in [6.45, 7) is 6.00. The smallest absolute Gasteiger partial charge is 0.253 e. The second-order valence-corrected chi connectivity index (χ2v) is 4.35. The second kappa shape index (κ2) is 7.06.